The number of rotatable bonds is 7. The zero-order chi connectivity index (χ0) is 25.2. The second-order valence-corrected chi connectivity index (χ2v) is 10.2. The minimum Gasteiger partial charge on any atom is -0.465 e. The first kappa shape index (κ1) is 24.7. The second kappa shape index (κ2) is 10.1. The number of ether oxygens (including phenoxy) is 1. The average molecular weight is 531 g/mol. The van der Waals surface area contributed by atoms with Crippen LogP contribution in [0.4, 0.5) is 0 Å². The van der Waals surface area contributed by atoms with Gasteiger partial charge in [-0.1, -0.05) is 53.7 Å². The monoisotopic (exact) mass is 530 g/mol. The Bertz CT molecular complexity index is 1540. The topological polar surface area (TPSA) is 133 Å². The van der Waals surface area contributed by atoms with E-state index in [2.05, 4.69) is 10.4 Å². The number of primary sulfonamides is 1. The van der Waals surface area contributed by atoms with Gasteiger partial charge < -0.3 is 4.74 Å². The molecule has 3 aromatic carbocycles. The van der Waals surface area contributed by atoms with E-state index < -0.39 is 21.9 Å². The highest BCUT2D eigenvalue weighted by molar-refractivity contribution is 7.98. The lowest BCUT2D eigenvalue weighted by Crippen LogP contribution is -2.24. The van der Waals surface area contributed by atoms with Crippen molar-refractivity contribution in [2.75, 3.05) is 12.5 Å². The van der Waals surface area contributed by atoms with Crippen LogP contribution in [0.3, 0.4) is 0 Å². The van der Waals surface area contributed by atoms with Crippen LogP contribution in [0, 0.1) is 0 Å². The number of nitrogens with one attached hydrogen (secondary N) is 1. The third kappa shape index (κ3) is 5.49. The lowest BCUT2D eigenvalue weighted by atomic mass is 10.2. The summed E-state index contributed by atoms with van der Waals surface area (Å²) >= 11 is 7.31. The molecule has 180 valence electrons. The first-order chi connectivity index (χ1) is 16.7. The Morgan fingerprint density at radius 2 is 1.80 bits per heavy atom. The fourth-order valence-electron chi connectivity index (χ4n) is 3.26. The van der Waals surface area contributed by atoms with Crippen LogP contribution in [0.15, 0.2) is 76.8 Å². The van der Waals surface area contributed by atoms with Gasteiger partial charge in [-0.2, -0.15) is 0 Å². The van der Waals surface area contributed by atoms with Gasteiger partial charge in [0.15, 0.2) is 5.16 Å². The Labute approximate surface area is 210 Å². The van der Waals surface area contributed by atoms with Gasteiger partial charge in [0, 0.05) is 11.3 Å². The number of halogens is 1. The van der Waals surface area contributed by atoms with Crippen LogP contribution >= 0.6 is 23.4 Å². The Morgan fingerprint density at radius 1 is 1.09 bits per heavy atom. The highest BCUT2D eigenvalue weighted by Crippen LogP contribution is 2.27. The molecule has 0 saturated carbocycles. The van der Waals surface area contributed by atoms with Gasteiger partial charge in [-0.25, -0.2) is 28.0 Å². The van der Waals surface area contributed by atoms with E-state index in [-0.39, 0.29) is 15.5 Å². The molecule has 0 radical (unpaired) electrons. The Balaban J connectivity index is 1.72. The molecule has 4 rings (SSSR count). The van der Waals surface area contributed by atoms with E-state index in [1.807, 2.05) is 30.3 Å². The van der Waals surface area contributed by atoms with Gasteiger partial charge in [-0.3, -0.25) is 10.2 Å². The van der Waals surface area contributed by atoms with Gasteiger partial charge >= 0.3 is 5.97 Å². The molecular weight excluding hydrogens is 512 g/mol. The number of fused-ring (bicyclic) bond motifs is 1. The summed E-state index contributed by atoms with van der Waals surface area (Å²) in [7, 11) is -2.84. The fourth-order valence-corrected chi connectivity index (χ4v) is 5.25. The number of sulfonamides is 1. The highest BCUT2D eigenvalue weighted by Gasteiger charge is 2.20. The summed E-state index contributed by atoms with van der Waals surface area (Å²) < 4.78 is 29.9. The first-order valence-corrected chi connectivity index (χ1v) is 13.0. The van der Waals surface area contributed by atoms with E-state index in [4.69, 9.17) is 21.5 Å². The Kier molecular flexibility index (Phi) is 7.13. The number of carbonyl (C=O) groups is 2. The summed E-state index contributed by atoms with van der Waals surface area (Å²) in [4.78, 5) is 29.3. The molecule has 1 aromatic heterocycles. The zero-order valence-electron chi connectivity index (χ0n) is 18.3. The van der Waals surface area contributed by atoms with Crippen LogP contribution in [-0.2, 0) is 20.5 Å². The molecule has 0 aliphatic rings. The van der Waals surface area contributed by atoms with Gasteiger partial charge in [0.25, 0.3) is 5.91 Å². The molecular formula is C23H19ClN4O5S2. The van der Waals surface area contributed by atoms with Crippen molar-refractivity contribution in [1.82, 2.24) is 9.66 Å². The largest absolute Gasteiger partial charge is 0.465 e. The number of hydrogen-bond donors (Lipinski definition) is 2. The zero-order valence-corrected chi connectivity index (χ0v) is 20.7. The molecule has 0 spiro atoms. The van der Waals surface area contributed by atoms with Crippen LogP contribution in [0.5, 0.6) is 0 Å². The molecule has 0 fully saturated rings. The van der Waals surface area contributed by atoms with E-state index in [1.54, 1.807) is 18.2 Å². The summed E-state index contributed by atoms with van der Waals surface area (Å²) in [5.41, 5.74) is 5.13. The number of esters is 1. The minimum absolute atomic E-state index is 0.0328. The molecule has 1 heterocycles. The maximum Gasteiger partial charge on any atom is 0.337 e. The summed E-state index contributed by atoms with van der Waals surface area (Å²) in [5.74, 6) is -0.550. The predicted molar refractivity (Wildman–Crippen MR) is 134 cm³/mol. The molecule has 9 nitrogen and oxygen atoms in total. The molecule has 1 amide bonds. The molecule has 12 heteroatoms. The van der Waals surface area contributed by atoms with Crippen molar-refractivity contribution in [1.29, 1.82) is 0 Å². The maximum atomic E-state index is 13.1. The summed E-state index contributed by atoms with van der Waals surface area (Å²) in [6, 6.07) is 18.3. The number of hydrogen-bond acceptors (Lipinski definition) is 7. The van der Waals surface area contributed by atoms with Gasteiger partial charge in [0.1, 0.15) is 4.90 Å². The lowest BCUT2D eigenvalue weighted by molar-refractivity contribution is 0.0600. The summed E-state index contributed by atoms with van der Waals surface area (Å²) in [5, 5.41) is 5.57. The van der Waals surface area contributed by atoms with Crippen LogP contribution in [0.25, 0.3) is 11.0 Å². The molecule has 0 saturated heterocycles. The van der Waals surface area contributed by atoms with Crippen molar-refractivity contribution in [2.24, 2.45) is 5.14 Å². The number of nitrogens with zero attached hydrogens (tertiary/aromatic N) is 2. The Hall–Kier alpha value is -3.38. The van der Waals surface area contributed by atoms with Crippen molar-refractivity contribution in [3.8, 4) is 0 Å². The number of thioether (sulfide) groups is 1. The van der Waals surface area contributed by atoms with Crippen molar-refractivity contribution in [3.63, 3.8) is 0 Å². The average Bonchev–Trinajstić information content (AvgIpc) is 3.18. The molecule has 3 N–H and O–H groups in total. The predicted octanol–water partition coefficient (Wildman–Crippen LogP) is 3.80. The number of carbonyl (C=O) groups excluding carboxylic acids is 2. The van der Waals surface area contributed by atoms with E-state index in [0.29, 0.717) is 27.5 Å². The Morgan fingerprint density at radius 3 is 2.49 bits per heavy atom. The molecule has 0 atom stereocenters. The summed E-state index contributed by atoms with van der Waals surface area (Å²) in [6.07, 6.45) is 0. The fraction of sp³-hybridized carbons (Fsp3) is 0.0870. The van der Waals surface area contributed by atoms with Crippen molar-refractivity contribution < 1.29 is 22.7 Å². The minimum atomic E-state index is -4.13. The molecule has 0 unspecified atom stereocenters. The van der Waals surface area contributed by atoms with Crippen LogP contribution in [0.1, 0.15) is 26.3 Å². The quantitative estimate of drug-likeness (QED) is 0.274. The van der Waals surface area contributed by atoms with E-state index in [9.17, 15) is 18.0 Å². The first-order valence-electron chi connectivity index (χ1n) is 10.1. The van der Waals surface area contributed by atoms with Gasteiger partial charge in [0.2, 0.25) is 10.0 Å². The molecule has 0 aliphatic heterocycles. The normalized spacial score (nSPS) is 11.4. The van der Waals surface area contributed by atoms with Crippen molar-refractivity contribution in [3.05, 3.63) is 88.4 Å². The molecule has 0 aliphatic carbocycles. The van der Waals surface area contributed by atoms with E-state index in [1.165, 1.54) is 35.7 Å². The highest BCUT2D eigenvalue weighted by atomic mass is 35.5. The third-order valence-corrected chi connectivity index (χ3v) is 7.37. The van der Waals surface area contributed by atoms with Crippen molar-refractivity contribution in [2.45, 2.75) is 15.8 Å². The molecule has 0 bridgehead atoms. The van der Waals surface area contributed by atoms with Crippen LogP contribution < -0.4 is 10.6 Å². The number of methoxy groups -OCH3 is 1. The van der Waals surface area contributed by atoms with E-state index >= 15 is 0 Å². The van der Waals surface area contributed by atoms with Crippen molar-refractivity contribution >= 4 is 56.3 Å². The standard InChI is InChI=1S/C23H19ClN4O5S2/c1-33-22(30)16-8-10-19-18(11-16)26-23(34-13-14-5-3-2-4-6-14)28(19)27-21(29)15-7-9-17(24)20(12-15)35(25,31)32/h2-12H,13H2,1H3,(H,27,29)(H2,25,31,32). The number of nitrogens with two attached hydrogens (primary N) is 1. The van der Waals surface area contributed by atoms with E-state index in [0.717, 1.165) is 11.6 Å². The number of benzene rings is 3. The number of imidazole rings is 1. The lowest BCUT2D eigenvalue weighted by Gasteiger charge is -2.12. The SMILES string of the molecule is COC(=O)c1ccc2c(c1)nc(SCc1ccccc1)n2NC(=O)c1ccc(Cl)c(S(N)(=O)=O)c1. The van der Waals surface area contributed by atoms with Crippen LogP contribution in [0.2, 0.25) is 5.02 Å². The van der Waals surface area contributed by atoms with Gasteiger partial charge in [0.05, 0.1) is 28.7 Å². The van der Waals surface area contributed by atoms with Crippen LogP contribution in [-0.4, -0.2) is 37.1 Å². The summed E-state index contributed by atoms with van der Waals surface area (Å²) in [6.45, 7) is 0. The van der Waals surface area contributed by atoms with Gasteiger partial charge in [-0.05, 0) is 42.0 Å². The molecule has 35 heavy (non-hydrogen) atoms. The van der Waals surface area contributed by atoms with Gasteiger partial charge in [-0.15, -0.1) is 0 Å². The second-order valence-electron chi connectivity index (χ2n) is 7.33. The smallest absolute Gasteiger partial charge is 0.337 e. The maximum absolute atomic E-state index is 13.1. The molecule has 4 aromatic rings. The number of amides is 1. The number of aromatic nitrogens is 2. The third-order valence-electron chi connectivity index (χ3n) is 4.97.